The fourth-order valence-electron chi connectivity index (χ4n) is 3.08. The van der Waals surface area contributed by atoms with Crippen LogP contribution in [0.2, 0.25) is 0 Å². The number of hydrogen-bond acceptors (Lipinski definition) is 4. The number of carbonyl (C=O) groups is 1. The van der Waals surface area contributed by atoms with Crippen LogP contribution in [-0.2, 0) is 11.2 Å². The summed E-state index contributed by atoms with van der Waals surface area (Å²) in [5, 5.41) is 9.74. The van der Waals surface area contributed by atoms with Crippen molar-refractivity contribution in [3.63, 3.8) is 0 Å². The SMILES string of the molecule is CCOc1ccc(CC(=O)NCC(c2cccs2)n2nc(C)cc2C)cc1. The minimum Gasteiger partial charge on any atom is -0.494 e. The van der Waals surface area contributed by atoms with Crippen molar-refractivity contribution in [2.24, 2.45) is 0 Å². The lowest BCUT2D eigenvalue weighted by Crippen LogP contribution is -2.32. The van der Waals surface area contributed by atoms with Gasteiger partial charge >= 0.3 is 0 Å². The molecule has 0 spiro atoms. The second kappa shape index (κ2) is 8.86. The molecule has 1 unspecified atom stereocenters. The molecule has 27 heavy (non-hydrogen) atoms. The van der Waals surface area contributed by atoms with Crippen LogP contribution in [0.25, 0.3) is 0 Å². The van der Waals surface area contributed by atoms with Gasteiger partial charge in [-0.3, -0.25) is 9.48 Å². The van der Waals surface area contributed by atoms with Gasteiger partial charge in [0.1, 0.15) is 11.8 Å². The maximum Gasteiger partial charge on any atom is 0.224 e. The van der Waals surface area contributed by atoms with E-state index in [1.165, 1.54) is 4.88 Å². The number of benzene rings is 1. The van der Waals surface area contributed by atoms with E-state index in [1.807, 2.05) is 55.8 Å². The number of nitrogens with one attached hydrogen (secondary N) is 1. The van der Waals surface area contributed by atoms with Crippen molar-refractivity contribution >= 4 is 17.2 Å². The van der Waals surface area contributed by atoms with E-state index in [0.717, 1.165) is 22.7 Å². The molecule has 0 aliphatic rings. The third-order valence-electron chi connectivity index (χ3n) is 4.30. The van der Waals surface area contributed by atoms with E-state index in [1.54, 1.807) is 11.3 Å². The number of aryl methyl sites for hydroxylation is 2. The Bertz CT molecular complexity index is 869. The molecule has 3 rings (SSSR count). The summed E-state index contributed by atoms with van der Waals surface area (Å²) in [6.45, 7) is 7.13. The highest BCUT2D eigenvalue weighted by molar-refractivity contribution is 7.10. The number of aromatic nitrogens is 2. The van der Waals surface area contributed by atoms with Crippen LogP contribution in [0, 0.1) is 13.8 Å². The Balaban J connectivity index is 1.65. The molecule has 0 fully saturated rings. The van der Waals surface area contributed by atoms with Crippen LogP contribution in [0.1, 0.15) is 34.8 Å². The molecule has 0 aliphatic heterocycles. The zero-order valence-electron chi connectivity index (χ0n) is 15.9. The first kappa shape index (κ1) is 19.2. The molecule has 0 radical (unpaired) electrons. The molecule has 0 saturated carbocycles. The number of thiophene rings is 1. The third kappa shape index (κ3) is 4.98. The summed E-state index contributed by atoms with van der Waals surface area (Å²) in [6, 6.07) is 13.8. The zero-order valence-corrected chi connectivity index (χ0v) is 16.8. The lowest BCUT2D eigenvalue weighted by molar-refractivity contribution is -0.120. The van der Waals surface area contributed by atoms with Gasteiger partial charge in [0.2, 0.25) is 5.91 Å². The molecule has 142 valence electrons. The summed E-state index contributed by atoms with van der Waals surface area (Å²) in [7, 11) is 0. The van der Waals surface area contributed by atoms with Gasteiger partial charge in [0.15, 0.2) is 0 Å². The summed E-state index contributed by atoms with van der Waals surface area (Å²) in [5.74, 6) is 0.825. The Morgan fingerprint density at radius 2 is 2.04 bits per heavy atom. The second-order valence-electron chi connectivity index (χ2n) is 6.46. The van der Waals surface area contributed by atoms with E-state index >= 15 is 0 Å². The van der Waals surface area contributed by atoms with Gasteiger partial charge in [-0.1, -0.05) is 18.2 Å². The number of amides is 1. The molecule has 5 nitrogen and oxygen atoms in total. The maximum atomic E-state index is 12.4. The van der Waals surface area contributed by atoms with Crippen molar-refractivity contribution in [2.75, 3.05) is 13.2 Å². The fraction of sp³-hybridized carbons (Fsp3) is 0.333. The van der Waals surface area contributed by atoms with Crippen molar-refractivity contribution in [2.45, 2.75) is 33.2 Å². The molecule has 2 heterocycles. The quantitative estimate of drug-likeness (QED) is 0.642. The summed E-state index contributed by atoms with van der Waals surface area (Å²) < 4.78 is 7.44. The number of rotatable bonds is 8. The Hall–Kier alpha value is -2.60. The predicted octanol–water partition coefficient (Wildman–Crippen LogP) is 3.91. The van der Waals surface area contributed by atoms with Crippen LogP contribution in [0.4, 0.5) is 0 Å². The Morgan fingerprint density at radius 3 is 2.63 bits per heavy atom. The monoisotopic (exact) mass is 383 g/mol. The molecule has 1 N–H and O–H groups in total. The van der Waals surface area contributed by atoms with E-state index < -0.39 is 0 Å². The van der Waals surface area contributed by atoms with E-state index in [0.29, 0.717) is 19.6 Å². The molecule has 1 atom stereocenters. The average Bonchev–Trinajstić information content (AvgIpc) is 3.27. The molecule has 0 bridgehead atoms. The molecule has 2 aromatic heterocycles. The smallest absolute Gasteiger partial charge is 0.224 e. The molecule has 1 aromatic carbocycles. The number of nitrogens with zero attached hydrogens (tertiary/aromatic N) is 2. The second-order valence-corrected chi connectivity index (χ2v) is 7.44. The summed E-state index contributed by atoms with van der Waals surface area (Å²) in [6.07, 6.45) is 0.348. The topological polar surface area (TPSA) is 56.1 Å². The summed E-state index contributed by atoms with van der Waals surface area (Å²) in [5.41, 5.74) is 3.04. The first-order valence-electron chi connectivity index (χ1n) is 9.11. The minimum atomic E-state index is 0.00208. The third-order valence-corrected chi connectivity index (χ3v) is 5.28. The lowest BCUT2D eigenvalue weighted by atomic mass is 10.1. The van der Waals surface area contributed by atoms with E-state index in [2.05, 4.69) is 27.9 Å². The molecule has 0 saturated heterocycles. The van der Waals surface area contributed by atoms with Crippen molar-refractivity contribution < 1.29 is 9.53 Å². The molecule has 6 heteroatoms. The number of ether oxygens (including phenoxy) is 1. The number of carbonyl (C=O) groups excluding carboxylic acids is 1. The Morgan fingerprint density at radius 1 is 1.26 bits per heavy atom. The summed E-state index contributed by atoms with van der Waals surface area (Å²) >= 11 is 1.68. The Kier molecular flexibility index (Phi) is 6.29. The molecule has 3 aromatic rings. The van der Waals surface area contributed by atoms with Crippen LogP contribution in [-0.4, -0.2) is 28.8 Å². The van der Waals surface area contributed by atoms with E-state index in [4.69, 9.17) is 4.74 Å². The van der Waals surface area contributed by atoms with Crippen LogP contribution in [0.5, 0.6) is 5.75 Å². The van der Waals surface area contributed by atoms with Crippen LogP contribution < -0.4 is 10.1 Å². The van der Waals surface area contributed by atoms with E-state index in [-0.39, 0.29) is 11.9 Å². The first-order chi connectivity index (χ1) is 13.1. The minimum absolute atomic E-state index is 0.00208. The van der Waals surface area contributed by atoms with Gasteiger partial charge in [0, 0.05) is 17.1 Å². The van der Waals surface area contributed by atoms with Crippen LogP contribution in [0.15, 0.2) is 47.8 Å². The van der Waals surface area contributed by atoms with Crippen molar-refractivity contribution in [3.8, 4) is 5.75 Å². The normalized spacial score (nSPS) is 12.0. The van der Waals surface area contributed by atoms with Gasteiger partial charge in [-0.25, -0.2) is 0 Å². The summed E-state index contributed by atoms with van der Waals surface area (Å²) in [4.78, 5) is 13.6. The van der Waals surface area contributed by atoms with Gasteiger partial charge in [-0.05, 0) is 56.0 Å². The Labute approximate surface area is 164 Å². The highest BCUT2D eigenvalue weighted by atomic mass is 32.1. The molecular weight excluding hydrogens is 358 g/mol. The first-order valence-corrected chi connectivity index (χ1v) is 9.99. The van der Waals surface area contributed by atoms with Crippen LogP contribution >= 0.6 is 11.3 Å². The van der Waals surface area contributed by atoms with Gasteiger partial charge in [0.05, 0.1) is 18.7 Å². The molecule has 1 amide bonds. The average molecular weight is 384 g/mol. The fourth-order valence-corrected chi connectivity index (χ4v) is 3.89. The van der Waals surface area contributed by atoms with Crippen molar-refractivity contribution in [1.29, 1.82) is 0 Å². The highest BCUT2D eigenvalue weighted by Gasteiger charge is 2.19. The van der Waals surface area contributed by atoms with Gasteiger partial charge < -0.3 is 10.1 Å². The lowest BCUT2D eigenvalue weighted by Gasteiger charge is -2.19. The molecule has 0 aliphatic carbocycles. The molecular formula is C21H25N3O2S. The maximum absolute atomic E-state index is 12.4. The standard InChI is InChI=1S/C21H25N3O2S/c1-4-26-18-9-7-17(8-10-18)13-21(25)22-14-19(20-6-5-11-27-20)24-16(3)12-15(2)23-24/h5-12,19H,4,13-14H2,1-3H3,(H,22,25). The van der Waals surface area contributed by atoms with Gasteiger partial charge in [0.25, 0.3) is 0 Å². The van der Waals surface area contributed by atoms with Gasteiger partial charge in [-0.15, -0.1) is 11.3 Å². The van der Waals surface area contributed by atoms with Gasteiger partial charge in [-0.2, -0.15) is 5.10 Å². The van der Waals surface area contributed by atoms with Crippen molar-refractivity contribution in [3.05, 3.63) is 69.7 Å². The van der Waals surface area contributed by atoms with Crippen LogP contribution in [0.3, 0.4) is 0 Å². The predicted molar refractivity (Wildman–Crippen MR) is 108 cm³/mol. The largest absolute Gasteiger partial charge is 0.494 e. The highest BCUT2D eigenvalue weighted by Crippen LogP contribution is 2.24. The van der Waals surface area contributed by atoms with E-state index in [9.17, 15) is 4.79 Å². The zero-order chi connectivity index (χ0) is 19.2. The number of hydrogen-bond donors (Lipinski definition) is 1. The van der Waals surface area contributed by atoms with Crippen molar-refractivity contribution in [1.82, 2.24) is 15.1 Å².